The Balaban J connectivity index is 2.44. The molecule has 0 atom stereocenters. The van der Waals surface area contributed by atoms with Crippen molar-refractivity contribution in [1.82, 2.24) is 4.98 Å². The Morgan fingerprint density at radius 3 is 2.41 bits per heavy atom. The van der Waals surface area contributed by atoms with Crippen LogP contribution in [0.2, 0.25) is 0 Å². The standard InChI is InChI=1S/C13H10N2O2/c16-15(17)13(11-6-2-1-3-7-11)10-12-8-4-5-9-14-12/h1-10H/b13-10-. The minimum Gasteiger partial charge on any atom is -0.258 e. The van der Waals surface area contributed by atoms with Crippen LogP contribution in [0.25, 0.3) is 11.8 Å². The van der Waals surface area contributed by atoms with Crippen molar-refractivity contribution >= 4 is 11.8 Å². The van der Waals surface area contributed by atoms with Crippen molar-refractivity contribution in [2.24, 2.45) is 0 Å². The van der Waals surface area contributed by atoms with Gasteiger partial charge in [0.25, 0.3) is 5.70 Å². The third-order valence-corrected chi connectivity index (χ3v) is 2.24. The van der Waals surface area contributed by atoms with Crippen molar-refractivity contribution in [3.8, 4) is 0 Å². The van der Waals surface area contributed by atoms with Crippen molar-refractivity contribution in [2.75, 3.05) is 0 Å². The molecule has 2 rings (SSSR count). The summed E-state index contributed by atoms with van der Waals surface area (Å²) in [6, 6.07) is 14.1. The zero-order valence-electron chi connectivity index (χ0n) is 8.98. The van der Waals surface area contributed by atoms with Crippen LogP contribution in [0.5, 0.6) is 0 Å². The summed E-state index contributed by atoms with van der Waals surface area (Å²) >= 11 is 0. The number of hydrogen-bond acceptors (Lipinski definition) is 3. The van der Waals surface area contributed by atoms with Crippen molar-refractivity contribution in [3.63, 3.8) is 0 Å². The highest BCUT2D eigenvalue weighted by atomic mass is 16.6. The largest absolute Gasteiger partial charge is 0.278 e. The molecule has 17 heavy (non-hydrogen) atoms. The van der Waals surface area contributed by atoms with Crippen LogP contribution >= 0.6 is 0 Å². The number of rotatable bonds is 3. The molecule has 0 N–H and O–H groups in total. The fraction of sp³-hybridized carbons (Fsp3) is 0. The van der Waals surface area contributed by atoms with E-state index in [-0.39, 0.29) is 5.70 Å². The molecule has 0 saturated carbocycles. The third-order valence-electron chi connectivity index (χ3n) is 2.24. The normalized spacial score (nSPS) is 11.2. The maximum Gasteiger partial charge on any atom is 0.278 e. The zero-order chi connectivity index (χ0) is 12.1. The summed E-state index contributed by atoms with van der Waals surface area (Å²) in [5.74, 6) is 0. The molecule has 0 spiro atoms. The second kappa shape index (κ2) is 5.03. The minimum absolute atomic E-state index is 0.0456. The van der Waals surface area contributed by atoms with E-state index in [9.17, 15) is 10.1 Å². The number of aromatic nitrogens is 1. The van der Waals surface area contributed by atoms with E-state index in [1.165, 1.54) is 6.08 Å². The number of nitro groups is 1. The van der Waals surface area contributed by atoms with Gasteiger partial charge in [0, 0.05) is 12.3 Å². The lowest BCUT2D eigenvalue weighted by atomic mass is 10.1. The van der Waals surface area contributed by atoms with Gasteiger partial charge in [-0.2, -0.15) is 0 Å². The quantitative estimate of drug-likeness (QED) is 0.597. The molecule has 0 aliphatic heterocycles. The maximum absolute atomic E-state index is 11.0. The SMILES string of the molecule is O=[N+]([O-])/C(=C\c1ccccn1)c1ccccc1. The van der Waals surface area contributed by atoms with Crippen molar-refractivity contribution in [3.05, 3.63) is 76.1 Å². The Bertz CT molecular complexity index is 536. The number of benzene rings is 1. The monoisotopic (exact) mass is 226 g/mol. The van der Waals surface area contributed by atoms with Gasteiger partial charge >= 0.3 is 0 Å². The Morgan fingerprint density at radius 2 is 1.82 bits per heavy atom. The average Bonchev–Trinajstić information content (AvgIpc) is 2.38. The first kappa shape index (κ1) is 11.0. The molecule has 1 aromatic heterocycles. The van der Waals surface area contributed by atoms with Crippen molar-refractivity contribution < 1.29 is 4.92 Å². The van der Waals surface area contributed by atoms with Gasteiger partial charge in [0.15, 0.2) is 0 Å². The lowest BCUT2D eigenvalue weighted by Gasteiger charge is -1.98. The molecule has 0 saturated heterocycles. The minimum atomic E-state index is -0.399. The topological polar surface area (TPSA) is 56.0 Å². The lowest BCUT2D eigenvalue weighted by molar-refractivity contribution is -0.374. The van der Waals surface area contributed by atoms with Crippen LogP contribution < -0.4 is 0 Å². The van der Waals surface area contributed by atoms with Gasteiger partial charge in [-0.25, -0.2) is 0 Å². The van der Waals surface area contributed by atoms with Crippen LogP contribution in [0.4, 0.5) is 0 Å². The summed E-state index contributed by atoms with van der Waals surface area (Å²) in [5.41, 5.74) is 1.19. The molecule has 0 fully saturated rings. The number of nitrogens with zero attached hydrogens (tertiary/aromatic N) is 2. The van der Waals surface area contributed by atoms with Gasteiger partial charge in [0.1, 0.15) is 0 Å². The van der Waals surface area contributed by atoms with Gasteiger partial charge in [-0.1, -0.05) is 24.3 Å². The Labute approximate surface area is 98.4 Å². The highest BCUT2D eigenvalue weighted by Gasteiger charge is 2.13. The van der Waals surface area contributed by atoms with Crippen molar-refractivity contribution in [2.45, 2.75) is 0 Å². The number of pyridine rings is 1. The zero-order valence-corrected chi connectivity index (χ0v) is 8.98. The van der Waals surface area contributed by atoms with Crippen LogP contribution in [0.1, 0.15) is 11.3 Å². The predicted octanol–water partition coefficient (Wildman–Crippen LogP) is 2.86. The summed E-state index contributed by atoms with van der Waals surface area (Å²) in [7, 11) is 0. The first-order valence-corrected chi connectivity index (χ1v) is 5.10. The smallest absolute Gasteiger partial charge is 0.258 e. The van der Waals surface area contributed by atoms with E-state index in [4.69, 9.17) is 0 Å². The first-order valence-electron chi connectivity index (χ1n) is 5.10. The average molecular weight is 226 g/mol. The second-order valence-electron chi connectivity index (χ2n) is 3.41. The summed E-state index contributed by atoms with van der Waals surface area (Å²) in [6.45, 7) is 0. The molecule has 4 nitrogen and oxygen atoms in total. The van der Waals surface area contributed by atoms with Crippen LogP contribution in [-0.2, 0) is 0 Å². The fourth-order valence-corrected chi connectivity index (χ4v) is 1.45. The van der Waals surface area contributed by atoms with Crippen molar-refractivity contribution in [1.29, 1.82) is 0 Å². The summed E-state index contributed by atoms with van der Waals surface area (Å²) in [5, 5.41) is 11.0. The third kappa shape index (κ3) is 2.75. The summed E-state index contributed by atoms with van der Waals surface area (Å²) in [6.07, 6.45) is 3.07. The van der Waals surface area contributed by atoms with E-state index < -0.39 is 4.92 Å². The molecule has 0 bridgehead atoms. The van der Waals surface area contributed by atoms with Gasteiger partial charge in [-0.15, -0.1) is 0 Å². The van der Waals surface area contributed by atoms with Gasteiger partial charge in [0.2, 0.25) is 0 Å². The summed E-state index contributed by atoms with van der Waals surface area (Å²) < 4.78 is 0. The lowest BCUT2D eigenvalue weighted by Crippen LogP contribution is -1.97. The number of hydrogen-bond donors (Lipinski definition) is 0. The van der Waals surface area contributed by atoms with Crippen LogP contribution in [0, 0.1) is 10.1 Å². The molecule has 1 aromatic carbocycles. The molecule has 0 radical (unpaired) electrons. The molecule has 0 aliphatic carbocycles. The van der Waals surface area contributed by atoms with Gasteiger partial charge in [0.05, 0.1) is 16.2 Å². The molecule has 0 aliphatic rings. The van der Waals surface area contributed by atoms with Crippen LogP contribution in [0.15, 0.2) is 54.7 Å². The molecule has 2 aromatic rings. The second-order valence-corrected chi connectivity index (χ2v) is 3.41. The predicted molar refractivity (Wildman–Crippen MR) is 65.5 cm³/mol. The maximum atomic E-state index is 11.0. The first-order chi connectivity index (χ1) is 8.27. The fourth-order valence-electron chi connectivity index (χ4n) is 1.45. The summed E-state index contributed by atoms with van der Waals surface area (Å²) in [4.78, 5) is 14.7. The highest BCUT2D eigenvalue weighted by Crippen LogP contribution is 2.17. The van der Waals surface area contributed by atoms with Crippen LogP contribution in [0.3, 0.4) is 0 Å². The molecule has 84 valence electrons. The molecule has 0 unspecified atom stereocenters. The van der Waals surface area contributed by atoms with E-state index in [2.05, 4.69) is 4.98 Å². The van der Waals surface area contributed by atoms with E-state index in [1.807, 2.05) is 6.07 Å². The Hall–Kier alpha value is -2.49. The van der Waals surface area contributed by atoms with E-state index in [0.717, 1.165) is 0 Å². The molecular weight excluding hydrogens is 216 g/mol. The Morgan fingerprint density at radius 1 is 1.12 bits per heavy atom. The molecule has 4 heteroatoms. The highest BCUT2D eigenvalue weighted by molar-refractivity contribution is 5.74. The van der Waals surface area contributed by atoms with E-state index >= 15 is 0 Å². The van der Waals surface area contributed by atoms with Gasteiger partial charge in [-0.3, -0.25) is 15.1 Å². The van der Waals surface area contributed by atoms with Gasteiger partial charge < -0.3 is 0 Å². The van der Waals surface area contributed by atoms with E-state index in [1.54, 1.807) is 48.7 Å². The van der Waals surface area contributed by atoms with Gasteiger partial charge in [-0.05, 0) is 24.3 Å². The molecule has 0 amide bonds. The van der Waals surface area contributed by atoms with Crippen LogP contribution in [-0.4, -0.2) is 9.91 Å². The van der Waals surface area contributed by atoms with E-state index in [0.29, 0.717) is 11.3 Å². The molecular formula is C13H10N2O2. The Kier molecular flexibility index (Phi) is 3.25. The molecule has 1 heterocycles.